The molecular formula is C15H24O7S. The van der Waals surface area contributed by atoms with Gasteiger partial charge in [-0.05, 0) is 12.7 Å². The molecule has 0 aromatic heterocycles. The highest BCUT2D eigenvalue weighted by molar-refractivity contribution is 7.99. The summed E-state index contributed by atoms with van der Waals surface area (Å²) in [4.78, 5) is 33.8. The Morgan fingerprint density at radius 1 is 1.09 bits per heavy atom. The zero-order chi connectivity index (χ0) is 17.7. The Kier molecular flexibility index (Phi) is 12.1. The number of carbonyl (C=O) groups excluding carboxylic acids is 3. The Bertz CT molecular complexity index is 409. The molecule has 0 aromatic rings. The highest BCUT2D eigenvalue weighted by Crippen LogP contribution is 2.01. The molecule has 0 radical (unpaired) electrons. The van der Waals surface area contributed by atoms with Gasteiger partial charge >= 0.3 is 17.9 Å². The van der Waals surface area contributed by atoms with Gasteiger partial charge in [0, 0.05) is 11.3 Å². The SMILES string of the molecule is C=C(C)C(=O)OCC(O)COC(=O)CCC(=O)OCCSCC. The van der Waals surface area contributed by atoms with Gasteiger partial charge in [0.15, 0.2) is 0 Å². The molecule has 0 aliphatic rings. The van der Waals surface area contributed by atoms with E-state index < -0.39 is 24.0 Å². The monoisotopic (exact) mass is 348 g/mol. The summed E-state index contributed by atoms with van der Waals surface area (Å²) in [5, 5.41) is 9.49. The highest BCUT2D eigenvalue weighted by Gasteiger charge is 2.13. The van der Waals surface area contributed by atoms with E-state index in [1.54, 1.807) is 11.8 Å². The van der Waals surface area contributed by atoms with Crippen LogP contribution in [0.5, 0.6) is 0 Å². The third-order valence-electron chi connectivity index (χ3n) is 2.42. The first kappa shape index (κ1) is 21.5. The number of ether oxygens (including phenoxy) is 3. The molecule has 8 heteroatoms. The largest absolute Gasteiger partial charge is 0.465 e. The van der Waals surface area contributed by atoms with Gasteiger partial charge in [-0.3, -0.25) is 9.59 Å². The van der Waals surface area contributed by atoms with Crippen LogP contribution in [0.2, 0.25) is 0 Å². The fraction of sp³-hybridized carbons (Fsp3) is 0.667. The van der Waals surface area contributed by atoms with Gasteiger partial charge in [0.25, 0.3) is 0 Å². The summed E-state index contributed by atoms with van der Waals surface area (Å²) in [6, 6.07) is 0. The van der Waals surface area contributed by atoms with Crippen molar-refractivity contribution >= 4 is 29.7 Å². The van der Waals surface area contributed by atoms with Crippen LogP contribution in [-0.2, 0) is 28.6 Å². The fourth-order valence-corrected chi connectivity index (χ4v) is 1.73. The summed E-state index contributed by atoms with van der Waals surface area (Å²) in [5.41, 5.74) is 0.213. The summed E-state index contributed by atoms with van der Waals surface area (Å²) in [7, 11) is 0. The van der Waals surface area contributed by atoms with Gasteiger partial charge in [0.05, 0.1) is 12.8 Å². The lowest BCUT2D eigenvalue weighted by atomic mass is 10.3. The first-order valence-corrected chi connectivity index (χ1v) is 8.42. The van der Waals surface area contributed by atoms with Crippen LogP contribution in [0.15, 0.2) is 12.2 Å². The van der Waals surface area contributed by atoms with Crippen LogP contribution in [0.4, 0.5) is 0 Å². The zero-order valence-corrected chi connectivity index (χ0v) is 14.4. The quantitative estimate of drug-likeness (QED) is 0.242. The Hall–Kier alpha value is -1.54. The average Bonchev–Trinajstić information content (AvgIpc) is 2.52. The zero-order valence-electron chi connectivity index (χ0n) is 13.5. The van der Waals surface area contributed by atoms with E-state index in [2.05, 4.69) is 6.58 Å². The Balaban J connectivity index is 3.71. The van der Waals surface area contributed by atoms with Crippen LogP contribution in [0, 0.1) is 0 Å². The first-order valence-electron chi connectivity index (χ1n) is 7.26. The van der Waals surface area contributed by atoms with Crippen molar-refractivity contribution in [2.45, 2.75) is 32.8 Å². The minimum absolute atomic E-state index is 0.0731. The van der Waals surface area contributed by atoms with Crippen molar-refractivity contribution in [1.29, 1.82) is 0 Å². The Labute approximate surface area is 140 Å². The maximum Gasteiger partial charge on any atom is 0.333 e. The summed E-state index contributed by atoms with van der Waals surface area (Å²) in [6.45, 7) is 6.59. The van der Waals surface area contributed by atoms with Gasteiger partial charge in [0.2, 0.25) is 0 Å². The van der Waals surface area contributed by atoms with Gasteiger partial charge in [0.1, 0.15) is 25.9 Å². The number of aliphatic hydroxyl groups excluding tert-OH is 1. The van der Waals surface area contributed by atoms with Crippen LogP contribution >= 0.6 is 11.8 Å². The Morgan fingerprint density at radius 3 is 2.22 bits per heavy atom. The summed E-state index contributed by atoms with van der Waals surface area (Å²) >= 11 is 1.66. The third-order valence-corrected chi connectivity index (χ3v) is 3.28. The third kappa shape index (κ3) is 12.7. The molecule has 0 aliphatic heterocycles. The number of rotatable bonds is 12. The van der Waals surface area contributed by atoms with Gasteiger partial charge < -0.3 is 19.3 Å². The minimum atomic E-state index is -1.12. The van der Waals surface area contributed by atoms with E-state index in [0.29, 0.717) is 6.61 Å². The molecule has 1 atom stereocenters. The lowest BCUT2D eigenvalue weighted by molar-refractivity contribution is -0.154. The van der Waals surface area contributed by atoms with E-state index >= 15 is 0 Å². The topological polar surface area (TPSA) is 99.1 Å². The molecule has 0 bridgehead atoms. The standard InChI is InChI=1S/C15H24O7S/c1-4-23-8-7-20-13(17)5-6-14(18)21-9-12(16)10-22-15(19)11(2)3/h12,16H,2,4-10H2,1,3H3. The second-order valence-corrected chi connectivity index (χ2v) is 6.03. The van der Waals surface area contributed by atoms with Crippen molar-refractivity contribution in [3.63, 3.8) is 0 Å². The molecule has 0 fully saturated rings. The van der Waals surface area contributed by atoms with Crippen molar-refractivity contribution in [3.05, 3.63) is 12.2 Å². The maximum absolute atomic E-state index is 11.4. The summed E-state index contributed by atoms with van der Waals surface area (Å²) in [5.74, 6) is -0.0422. The van der Waals surface area contributed by atoms with Crippen LogP contribution in [0.3, 0.4) is 0 Å². The molecule has 0 saturated carbocycles. The molecule has 1 unspecified atom stereocenters. The molecule has 1 N–H and O–H groups in total. The molecule has 0 aromatic carbocycles. The van der Waals surface area contributed by atoms with E-state index in [0.717, 1.165) is 11.5 Å². The van der Waals surface area contributed by atoms with Gasteiger partial charge in [-0.25, -0.2) is 4.79 Å². The van der Waals surface area contributed by atoms with Crippen molar-refractivity contribution < 1.29 is 33.7 Å². The smallest absolute Gasteiger partial charge is 0.333 e. The van der Waals surface area contributed by atoms with E-state index in [1.165, 1.54) is 6.92 Å². The normalized spacial score (nSPS) is 11.4. The second-order valence-electron chi connectivity index (χ2n) is 4.63. The number of hydrogen-bond acceptors (Lipinski definition) is 8. The summed E-state index contributed by atoms with van der Waals surface area (Å²) in [6.07, 6.45) is -1.32. The second kappa shape index (κ2) is 13.0. The molecule has 132 valence electrons. The van der Waals surface area contributed by atoms with Crippen molar-refractivity contribution in [3.8, 4) is 0 Å². The Morgan fingerprint density at radius 2 is 1.65 bits per heavy atom. The minimum Gasteiger partial charge on any atom is -0.465 e. The van der Waals surface area contributed by atoms with Crippen LogP contribution in [-0.4, -0.2) is 60.4 Å². The maximum atomic E-state index is 11.4. The van der Waals surface area contributed by atoms with Crippen LogP contribution < -0.4 is 0 Å². The molecule has 0 heterocycles. The predicted molar refractivity (Wildman–Crippen MR) is 85.9 cm³/mol. The predicted octanol–water partition coefficient (Wildman–Crippen LogP) is 1.09. The van der Waals surface area contributed by atoms with Crippen molar-refractivity contribution in [1.82, 2.24) is 0 Å². The molecule has 23 heavy (non-hydrogen) atoms. The molecular weight excluding hydrogens is 324 g/mol. The van der Waals surface area contributed by atoms with E-state index in [4.69, 9.17) is 14.2 Å². The summed E-state index contributed by atoms with van der Waals surface area (Å²) < 4.78 is 14.4. The lowest BCUT2D eigenvalue weighted by Crippen LogP contribution is -2.25. The van der Waals surface area contributed by atoms with Gasteiger partial charge in [-0.2, -0.15) is 11.8 Å². The van der Waals surface area contributed by atoms with Gasteiger partial charge in [-0.15, -0.1) is 0 Å². The number of thioether (sulfide) groups is 1. The fourth-order valence-electron chi connectivity index (χ4n) is 1.24. The van der Waals surface area contributed by atoms with E-state index in [9.17, 15) is 19.5 Å². The van der Waals surface area contributed by atoms with Crippen LogP contribution in [0.1, 0.15) is 26.7 Å². The highest BCUT2D eigenvalue weighted by atomic mass is 32.2. The van der Waals surface area contributed by atoms with Gasteiger partial charge in [-0.1, -0.05) is 13.5 Å². The van der Waals surface area contributed by atoms with E-state index in [-0.39, 0.29) is 31.6 Å². The average molecular weight is 348 g/mol. The van der Waals surface area contributed by atoms with Crippen molar-refractivity contribution in [2.24, 2.45) is 0 Å². The first-order chi connectivity index (χ1) is 10.9. The molecule has 7 nitrogen and oxygen atoms in total. The van der Waals surface area contributed by atoms with Crippen molar-refractivity contribution in [2.75, 3.05) is 31.3 Å². The number of carbonyl (C=O) groups is 3. The molecule has 0 rings (SSSR count). The number of esters is 3. The number of hydrogen-bond donors (Lipinski definition) is 1. The molecule has 0 spiro atoms. The number of aliphatic hydroxyl groups is 1. The molecule has 0 aliphatic carbocycles. The van der Waals surface area contributed by atoms with Crippen LogP contribution in [0.25, 0.3) is 0 Å². The molecule has 0 amide bonds. The molecule has 0 saturated heterocycles. The lowest BCUT2D eigenvalue weighted by Gasteiger charge is -2.12. The van der Waals surface area contributed by atoms with E-state index in [1.807, 2.05) is 6.92 Å².